The van der Waals surface area contributed by atoms with Crippen LogP contribution >= 0.6 is 0 Å². The summed E-state index contributed by atoms with van der Waals surface area (Å²) in [5.74, 6) is -0.0211. The molecular weight excluding hydrogens is 402 g/mol. The average Bonchev–Trinajstić information content (AvgIpc) is 3.37. The van der Waals surface area contributed by atoms with E-state index >= 15 is 0 Å². The van der Waals surface area contributed by atoms with Crippen LogP contribution in [0.1, 0.15) is 41.2 Å². The summed E-state index contributed by atoms with van der Waals surface area (Å²) in [6.45, 7) is 1.92. The van der Waals surface area contributed by atoms with Crippen molar-refractivity contribution >= 4 is 17.4 Å². The zero-order valence-corrected chi connectivity index (χ0v) is 17.0. The normalized spacial score (nSPS) is 22.2. The second kappa shape index (κ2) is 8.22. The molecule has 2 unspecified atom stereocenters. The highest BCUT2D eigenvalue weighted by atomic mass is 19.1. The van der Waals surface area contributed by atoms with Crippen LogP contribution in [-0.2, 0) is 0 Å². The Morgan fingerprint density at radius 3 is 2.87 bits per heavy atom. The molecule has 2 saturated heterocycles. The lowest BCUT2D eigenvalue weighted by atomic mass is 10.0. The van der Waals surface area contributed by atoms with E-state index in [9.17, 15) is 13.6 Å². The maximum atomic E-state index is 14.4. The Bertz CT molecular complexity index is 1100. The molecule has 2 aliphatic rings. The topological polar surface area (TPSA) is 74.6 Å². The van der Waals surface area contributed by atoms with Crippen molar-refractivity contribution in [1.29, 1.82) is 0 Å². The van der Waals surface area contributed by atoms with E-state index in [1.807, 2.05) is 4.90 Å². The molecule has 0 aliphatic carbocycles. The first kappa shape index (κ1) is 19.9. The molecule has 2 N–H and O–H groups in total. The number of nitrogens with one attached hydrogen (secondary N) is 2. The minimum Gasteiger partial charge on any atom is -0.349 e. The smallest absolute Gasteiger partial charge is 0.256 e. The van der Waals surface area contributed by atoms with Gasteiger partial charge in [0, 0.05) is 18.7 Å². The van der Waals surface area contributed by atoms with E-state index in [1.54, 1.807) is 28.9 Å². The molecule has 2 atom stereocenters. The van der Waals surface area contributed by atoms with E-state index in [2.05, 4.69) is 20.7 Å². The monoisotopic (exact) mass is 426 g/mol. The number of amides is 1. The SMILES string of the molecule is O=C(NC1CCNCC1)c1cnn2ccc(N3CC(F)CC3c3cccc(F)c3)nc12. The van der Waals surface area contributed by atoms with Gasteiger partial charge in [0.1, 0.15) is 23.4 Å². The van der Waals surface area contributed by atoms with Crippen LogP contribution < -0.4 is 15.5 Å². The maximum absolute atomic E-state index is 14.4. The molecular formula is C22H24F2N6O. The molecule has 2 aliphatic heterocycles. The van der Waals surface area contributed by atoms with Crippen LogP contribution in [0.2, 0.25) is 0 Å². The van der Waals surface area contributed by atoms with E-state index < -0.39 is 6.17 Å². The van der Waals surface area contributed by atoms with Crippen LogP contribution in [0, 0.1) is 5.82 Å². The summed E-state index contributed by atoms with van der Waals surface area (Å²) >= 11 is 0. The molecule has 2 fully saturated rings. The molecule has 3 aromatic rings. The van der Waals surface area contributed by atoms with E-state index in [1.165, 1.54) is 18.3 Å². The predicted molar refractivity (Wildman–Crippen MR) is 112 cm³/mol. The number of nitrogens with zero attached hydrogens (tertiary/aromatic N) is 4. The zero-order chi connectivity index (χ0) is 21.4. The summed E-state index contributed by atoms with van der Waals surface area (Å²) in [4.78, 5) is 19.3. The fourth-order valence-corrected chi connectivity index (χ4v) is 4.48. The van der Waals surface area contributed by atoms with E-state index in [4.69, 9.17) is 0 Å². The molecule has 9 heteroatoms. The first-order valence-corrected chi connectivity index (χ1v) is 10.6. The van der Waals surface area contributed by atoms with Gasteiger partial charge in [-0.15, -0.1) is 0 Å². The van der Waals surface area contributed by atoms with Crippen LogP contribution in [0.4, 0.5) is 14.6 Å². The van der Waals surface area contributed by atoms with E-state index in [0.29, 0.717) is 22.6 Å². The highest BCUT2D eigenvalue weighted by Gasteiger charge is 2.34. The lowest BCUT2D eigenvalue weighted by Crippen LogP contribution is -2.42. The zero-order valence-electron chi connectivity index (χ0n) is 17.0. The number of anilines is 1. The number of rotatable bonds is 4. The second-order valence-corrected chi connectivity index (χ2v) is 8.17. The molecule has 5 rings (SSSR count). The van der Waals surface area contributed by atoms with E-state index in [-0.39, 0.29) is 36.8 Å². The van der Waals surface area contributed by atoms with Gasteiger partial charge in [-0.3, -0.25) is 4.79 Å². The summed E-state index contributed by atoms with van der Waals surface area (Å²) in [7, 11) is 0. The number of hydrogen-bond donors (Lipinski definition) is 2. The third-order valence-electron chi connectivity index (χ3n) is 6.05. The second-order valence-electron chi connectivity index (χ2n) is 8.17. The Morgan fingerprint density at radius 1 is 1.23 bits per heavy atom. The van der Waals surface area contributed by atoms with E-state index in [0.717, 1.165) is 25.9 Å². The summed E-state index contributed by atoms with van der Waals surface area (Å²) in [6.07, 6.45) is 4.20. The lowest BCUT2D eigenvalue weighted by Gasteiger charge is -2.26. The molecule has 31 heavy (non-hydrogen) atoms. The fourth-order valence-electron chi connectivity index (χ4n) is 4.48. The van der Waals surface area contributed by atoms with Gasteiger partial charge in [-0.25, -0.2) is 18.3 Å². The minimum atomic E-state index is -1.04. The quantitative estimate of drug-likeness (QED) is 0.671. The molecule has 0 spiro atoms. The number of fused-ring (bicyclic) bond motifs is 1. The van der Waals surface area contributed by atoms with Gasteiger partial charge in [0.15, 0.2) is 5.65 Å². The first-order chi connectivity index (χ1) is 15.1. The number of halogens is 2. The average molecular weight is 426 g/mol. The van der Waals surface area contributed by atoms with Crippen LogP contribution in [-0.4, -0.2) is 52.4 Å². The van der Waals surface area contributed by atoms with Gasteiger partial charge < -0.3 is 15.5 Å². The van der Waals surface area contributed by atoms with Crippen molar-refractivity contribution in [2.75, 3.05) is 24.5 Å². The molecule has 7 nitrogen and oxygen atoms in total. The third-order valence-corrected chi connectivity index (χ3v) is 6.05. The number of carbonyl (C=O) groups is 1. The van der Waals surface area contributed by atoms with Gasteiger partial charge in [0.05, 0.1) is 18.8 Å². The minimum absolute atomic E-state index is 0.120. The highest BCUT2D eigenvalue weighted by molar-refractivity contribution is 5.99. The van der Waals surface area contributed by atoms with Crippen molar-refractivity contribution in [3.8, 4) is 0 Å². The van der Waals surface area contributed by atoms with Crippen molar-refractivity contribution < 1.29 is 13.6 Å². The molecule has 4 heterocycles. The van der Waals surface area contributed by atoms with Crippen molar-refractivity contribution in [2.45, 2.75) is 37.5 Å². The molecule has 1 amide bonds. The number of hydrogen-bond acceptors (Lipinski definition) is 5. The number of carbonyl (C=O) groups excluding carboxylic acids is 1. The number of benzene rings is 1. The summed E-state index contributed by atoms with van der Waals surface area (Å²) in [6, 6.07) is 7.79. The third kappa shape index (κ3) is 3.97. The predicted octanol–water partition coefficient (Wildman–Crippen LogP) is 2.64. The van der Waals surface area contributed by atoms with Crippen LogP contribution in [0.5, 0.6) is 0 Å². The molecule has 0 radical (unpaired) electrons. The van der Waals surface area contributed by atoms with Gasteiger partial charge in [0.25, 0.3) is 5.91 Å². The van der Waals surface area contributed by atoms with Crippen molar-refractivity contribution in [1.82, 2.24) is 25.2 Å². The molecule has 1 aromatic carbocycles. The summed E-state index contributed by atoms with van der Waals surface area (Å²) in [5.41, 5.74) is 1.52. The Morgan fingerprint density at radius 2 is 2.06 bits per heavy atom. The molecule has 2 aromatic heterocycles. The van der Waals surface area contributed by atoms with Crippen LogP contribution in [0.15, 0.2) is 42.7 Å². The number of piperidine rings is 1. The van der Waals surface area contributed by atoms with Gasteiger partial charge in [-0.05, 0) is 49.7 Å². The van der Waals surface area contributed by atoms with Crippen molar-refractivity contribution in [2.24, 2.45) is 0 Å². The van der Waals surface area contributed by atoms with Crippen molar-refractivity contribution in [3.63, 3.8) is 0 Å². The van der Waals surface area contributed by atoms with Crippen LogP contribution in [0.3, 0.4) is 0 Å². The Labute approximate surface area is 178 Å². The first-order valence-electron chi connectivity index (χ1n) is 10.6. The Kier molecular flexibility index (Phi) is 5.27. The number of alkyl halides is 1. The Balaban J connectivity index is 1.44. The number of aromatic nitrogens is 3. The van der Waals surface area contributed by atoms with Gasteiger partial charge >= 0.3 is 0 Å². The van der Waals surface area contributed by atoms with Gasteiger partial charge in [-0.1, -0.05) is 12.1 Å². The summed E-state index contributed by atoms with van der Waals surface area (Å²) in [5, 5.41) is 10.6. The van der Waals surface area contributed by atoms with Gasteiger partial charge in [0.2, 0.25) is 0 Å². The van der Waals surface area contributed by atoms with Gasteiger partial charge in [-0.2, -0.15) is 5.10 Å². The van der Waals surface area contributed by atoms with Crippen LogP contribution in [0.25, 0.3) is 5.65 Å². The lowest BCUT2D eigenvalue weighted by molar-refractivity contribution is 0.0931. The summed E-state index contributed by atoms with van der Waals surface area (Å²) < 4.78 is 29.7. The highest BCUT2D eigenvalue weighted by Crippen LogP contribution is 2.37. The standard InChI is InChI=1S/C22H24F2N6O/c23-15-3-1-2-14(10-15)19-11-16(24)13-29(19)20-6-9-30-21(28-20)18(12-26-30)22(31)27-17-4-7-25-8-5-17/h1-3,6,9-10,12,16-17,19,25H,4-5,7-8,11,13H2,(H,27,31). The largest absolute Gasteiger partial charge is 0.349 e. The Hall–Kier alpha value is -3.07. The van der Waals surface area contributed by atoms with Crippen molar-refractivity contribution in [3.05, 3.63) is 59.7 Å². The fraction of sp³-hybridized carbons (Fsp3) is 0.409. The maximum Gasteiger partial charge on any atom is 0.256 e. The molecule has 162 valence electrons. The molecule has 0 bridgehead atoms. The molecule has 0 saturated carbocycles.